The molecular formula is C17H18BrNO. The molecule has 0 fully saturated rings. The summed E-state index contributed by atoms with van der Waals surface area (Å²) in [4.78, 5) is 12.3. The van der Waals surface area contributed by atoms with E-state index in [-0.39, 0.29) is 11.9 Å². The minimum Gasteiger partial charge on any atom is -0.346 e. The second-order valence-electron chi connectivity index (χ2n) is 5.07. The molecule has 2 rings (SSSR count). The summed E-state index contributed by atoms with van der Waals surface area (Å²) in [6.07, 6.45) is 0. The largest absolute Gasteiger partial charge is 0.346 e. The summed E-state index contributed by atoms with van der Waals surface area (Å²) < 4.78 is 1.04. The molecule has 0 radical (unpaired) electrons. The number of carbonyl (C=O) groups is 1. The van der Waals surface area contributed by atoms with E-state index in [4.69, 9.17) is 0 Å². The van der Waals surface area contributed by atoms with Crippen LogP contribution in [-0.4, -0.2) is 5.91 Å². The fourth-order valence-corrected chi connectivity index (χ4v) is 2.44. The zero-order valence-corrected chi connectivity index (χ0v) is 13.5. The van der Waals surface area contributed by atoms with Crippen LogP contribution in [0, 0.1) is 13.8 Å². The average Bonchev–Trinajstić information content (AvgIpc) is 2.39. The predicted molar refractivity (Wildman–Crippen MR) is 85.9 cm³/mol. The van der Waals surface area contributed by atoms with Crippen molar-refractivity contribution in [3.05, 3.63) is 69.2 Å². The van der Waals surface area contributed by atoms with Crippen LogP contribution in [0.1, 0.15) is 40.0 Å². The number of rotatable bonds is 3. The van der Waals surface area contributed by atoms with Gasteiger partial charge in [0.1, 0.15) is 0 Å². The Bertz CT molecular complexity index is 619. The lowest BCUT2D eigenvalue weighted by molar-refractivity contribution is 0.0939. The third kappa shape index (κ3) is 3.48. The van der Waals surface area contributed by atoms with Gasteiger partial charge in [-0.25, -0.2) is 0 Å². The number of hydrogen-bond donors (Lipinski definition) is 1. The molecule has 20 heavy (non-hydrogen) atoms. The lowest BCUT2D eigenvalue weighted by Crippen LogP contribution is -2.27. The molecular weight excluding hydrogens is 314 g/mol. The van der Waals surface area contributed by atoms with E-state index in [2.05, 4.69) is 21.2 Å². The normalized spacial score (nSPS) is 12.0. The lowest BCUT2D eigenvalue weighted by atomic mass is 10.0. The van der Waals surface area contributed by atoms with Gasteiger partial charge in [-0.1, -0.05) is 45.8 Å². The Morgan fingerprint density at radius 2 is 1.75 bits per heavy atom. The maximum Gasteiger partial charge on any atom is 0.252 e. The summed E-state index contributed by atoms with van der Waals surface area (Å²) in [5.41, 5.74) is 4.00. The highest BCUT2D eigenvalue weighted by atomic mass is 79.9. The SMILES string of the molecule is Cc1ccc(C(=O)NC(C)c2ccc(Br)cc2)c(C)c1. The Balaban J connectivity index is 2.13. The van der Waals surface area contributed by atoms with E-state index in [0.29, 0.717) is 0 Å². The van der Waals surface area contributed by atoms with Gasteiger partial charge in [0, 0.05) is 10.0 Å². The van der Waals surface area contributed by atoms with Crippen molar-refractivity contribution in [1.82, 2.24) is 5.32 Å². The Kier molecular flexibility index (Phi) is 4.61. The van der Waals surface area contributed by atoms with Gasteiger partial charge >= 0.3 is 0 Å². The van der Waals surface area contributed by atoms with Crippen LogP contribution in [0.4, 0.5) is 0 Å². The van der Waals surface area contributed by atoms with Gasteiger partial charge in [-0.15, -0.1) is 0 Å². The molecule has 0 aliphatic carbocycles. The van der Waals surface area contributed by atoms with Crippen LogP contribution in [0.2, 0.25) is 0 Å². The summed E-state index contributed by atoms with van der Waals surface area (Å²) in [5.74, 6) is -0.0297. The van der Waals surface area contributed by atoms with Crippen molar-refractivity contribution in [1.29, 1.82) is 0 Å². The summed E-state index contributed by atoms with van der Waals surface area (Å²) in [6.45, 7) is 5.98. The zero-order chi connectivity index (χ0) is 14.7. The molecule has 1 amide bonds. The van der Waals surface area contributed by atoms with Gasteiger partial charge in [0.15, 0.2) is 0 Å². The quantitative estimate of drug-likeness (QED) is 0.877. The molecule has 0 aliphatic rings. The van der Waals surface area contributed by atoms with Crippen LogP contribution in [0.15, 0.2) is 46.9 Å². The maximum absolute atomic E-state index is 12.3. The molecule has 104 valence electrons. The standard InChI is InChI=1S/C17H18BrNO/c1-11-4-9-16(12(2)10-11)17(20)19-13(3)14-5-7-15(18)8-6-14/h4-10,13H,1-3H3,(H,19,20). The number of carbonyl (C=O) groups excluding carboxylic acids is 1. The van der Waals surface area contributed by atoms with Gasteiger partial charge in [0.25, 0.3) is 5.91 Å². The molecule has 3 heteroatoms. The van der Waals surface area contributed by atoms with Gasteiger partial charge in [0.05, 0.1) is 6.04 Å². The maximum atomic E-state index is 12.3. The molecule has 2 nitrogen and oxygen atoms in total. The van der Waals surface area contributed by atoms with Crippen LogP contribution >= 0.6 is 15.9 Å². The summed E-state index contributed by atoms with van der Waals surface area (Å²) >= 11 is 3.41. The third-order valence-electron chi connectivity index (χ3n) is 3.34. The van der Waals surface area contributed by atoms with Crippen molar-refractivity contribution in [2.75, 3.05) is 0 Å². The number of hydrogen-bond acceptors (Lipinski definition) is 1. The van der Waals surface area contributed by atoms with Crippen molar-refractivity contribution in [2.45, 2.75) is 26.8 Å². The number of aryl methyl sites for hydroxylation is 2. The van der Waals surface area contributed by atoms with E-state index in [1.807, 2.05) is 63.2 Å². The molecule has 0 bridgehead atoms. The van der Waals surface area contributed by atoms with Crippen LogP contribution in [0.3, 0.4) is 0 Å². The first-order valence-electron chi connectivity index (χ1n) is 6.61. The molecule has 2 aromatic carbocycles. The first-order chi connectivity index (χ1) is 9.47. The van der Waals surface area contributed by atoms with E-state index in [1.54, 1.807) is 0 Å². The topological polar surface area (TPSA) is 29.1 Å². The fourth-order valence-electron chi connectivity index (χ4n) is 2.18. The molecule has 0 aliphatic heterocycles. The molecule has 0 heterocycles. The number of nitrogens with one attached hydrogen (secondary N) is 1. The Morgan fingerprint density at radius 1 is 1.10 bits per heavy atom. The second-order valence-corrected chi connectivity index (χ2v) is 5.98. The van der Waals surface area contributed by atoms with Crippen LogP contribution in [0.5, 0.6) is 0 Å². The highest BCUT2D eigenvalue weighted by Gasteiger charge is 2.13. The molecule has 1 N–H and O–H groups in total. The minimum atomic E-state index is -0.0297. The van der Waals surface area contributed by atoms with Gasteiger partial charge in [-0.3, -0.25) is 4.79 Å². The predicted octanol–water partition coefficient (Wildman–Crippen LogP) is 4.56. The van der Waals surface area contributed by atoms with E-state index < -0.39 is 0 Å². The van der Waals surface area contributed by atoms with Crippen LogP contribution in [-0.2, 0) is 0 Å². The Morgan fingerprint density at radius 3 is 2.35 bits per heavy atom. The monoisotopic (exact) mass is 331 g/mol. The van der Waals surface area contributed by atoms with E-state index in [0.717, 1.165) is 21.2 Å². The van der Waals surface area contributed by atoms with Gasteiger partial charge in [-0.2, -0.15) is 0 Å². The molecule has 1 unspecified atom stereocenters. The van der Waals surface area contributed by atoms with Crippen molar-refractivity contribution < 1.29 is 4.79 Å². The minimum absolute atomic E-state index is 0.0173. The molecule has 2 aromatic rings. The fraction of sp³-hybridized carbons (Fsp3) is 0.235. The van der Waals surface area contributed by atoms with Crippen molar-refractivity contribution in [3.63, 3.8) is 0 Å². The summed E-state index contributed by atoms with van der Waals surface area (Å²) in [6, 6.07) is 13.8. The van der Waals surface area contributed by atoms with E-state index in [1.165, 1.54) is 5.56 Å². The molecule has 0 aromatic heterocycles. The van der Waals surface area contributed by atoms with Crippen molar-refractivity contribution in [2.24, 2.45) is 0 Å². The highest BCUT2D eigenvalue weighted by molar-refractivity contribution is 9.10. The van der Waals surface area contributed by atoms with Gasteiger partial charge < -0.3 is 5.32 Å². The van der Waals surface area contributed by atoms with Crippen LogP contribution in [0.25, 0.3) is 0 Å². The first kappa shape index (κ1) is 14.8. The van der Waals surface area contributed by atoms with Crippen molar-refractivity contribution >= 4 is 21.8 Å². The number of benzene rings is 2. The van der Waals surface area contributed by atoms with Crippen LogP contribution < -0.4 is 5.32 Å². The zero-order valence-electron chi connectivity index (χ0n) is 11.9. The van der Waals surface area contributed by atoms with Gasteiger partial charge in [-0.05, 0) is 50.1 Å². The lowest BCUT2D eigenvalue weighted by Gasteiger charge is -2.15. The second kappa shape index (κ2) is 6.23. The summed E-state index contributed by atoms with van der Waals surface area (Å²) in [7, 11) is 0. The van der Waals surface area contributed by atoms with E-state index >= 15 is 0 Å². The first-order valence-corrected chi connectivity index (χ1v) is 7.40. The van der Waals surface area contributed by atoms with Crippen molar-refractivity contribution in [3.8, 4) is 0 Å². The Hall–Kier alpha value is -1.61. The Labute approximate surface area is 128 Å². The molecule has 0 saturated heterocycles. The number of halogens is 1. The summed E-state index contributed by atoms with van der Waals surface area (Å²) in [5, 5.41) is 3.04. The van der Waals surface area contributed by atoms with E-state index in [9.17, 15) is 4.79 Å². The molecule has 0 saturated carbocycles. The molecule has 1 atom stereocenters. The highest BCUT2D eigenvalue weighted by Crippen LogP contribution is 2.18. The smallest absolute Gasteiger partial charge is 0.252 e. The number of amides is 1. The molecule has 0 spiro atoms. The van der Waals surface area contributed by atoms with Gasteiger partial charge in [0.2, 0.25) is 0 Å². The third-order valence-corrected chi connectivity index (χ3v) is 3.87. The average molecular weight is 332 g/mol.